The highest BCUT2D eigenvalue weighted by Gasteiger charge is 2.18. The second kappa shape index (κ2) is 11.0. The second-order valence-electron chi connectivity index (χ2n) is 9.70. The lowest BCUT2D eigenvalue weighted by Crippen LogP contribution is -2.46. The van der Waals surface area contributed by atoms with Crippen LogP contribution in [0, 0.1) is 13.8 Å². The molecule has 0 atom stereocenters. The van der Waals surface area contributed by atoms with Crippen molar-refractivity contribution in [3.8, 4) is 22.7 Å². The van der Waals surface area contributed by atoms with Crippen LogP contribution in [0.15, 0.2) is 78.9 Å². The minimum absolute atomic E-state index is 0.863. The molecule has 1 aliphatic rings. The molecule has 5 heteroatoms. The predicted octanol–water partition coefficient (Wildman–Crippen LogP) is 5.92. The van der Waals surface area contributed by atoms with Crippen LogP contribution in [0.25, 0.3) is 16.9 Å². The van der Waals surface area contributed by atoms with Crippen LogP contribution >= 0.6 is 0 Å². The number of hydrogen-bond acceptors (Lipinski definition) is 4. The summed E-state index contributed by atoms with van der Waals surface area (Å²) in [5.74, 6) is 0.863. The summed E-state index contributed by atoms with van der Waals surface area (Å²) in [5.41, 5.74) is 8.56. The molecule has 1 aromatic heterocycles. The summed E-state index contributed by atoms with van der Waals surface area (Å²) in [4.78, 5) is 5.11. The van der Waals surface area contributed by atoms with E-state index in [9.17, 15) is 0 Å². The Morgan fingerprint density at radius 1 is 0.778 bits per heavy atom. The number of nitrogens with zero attached hydrogens (tertiary/aromatic N) is 4. The van der Waals surface area contributed by atoms with Gasteiger partial charge in [0.25, 0.3) is 0 Å². The minimum atomic E-state index is 0.863. The van der Waals surface area contributed by atoms with Crippen molar-refractivity contribution in [2.75, 3.05) is 44.7 Å². The molecule has 1 aliphatic heterocycles. The Labute approximate surface area is 214 Å². The minimum Gasteiger partial charge on any atom is -0.497 e. The topological polar surface area (TPSA) is 33.5 Å². The summed E-state index contributed by atoms with van der Waals surface area (Å²) < 4.78 is 7.42. The fraction of sp³-hybridized carbons (Fsp3) is 0.323. The first kappa shape index (κ1) is 24.1. The van der Waals surface area contributed by atoms with Crippen LogP contribution in [0.1, 0.15) is 23.2 Å². The van der Waals surface area contributed by atoms with E-state index in [2.05, 4.69) is 89.0 Å². The molecular formula is C31H36N4O. The first-order valence-electron chi connectivity index (χ1n) is 12.9. The smallest absolute Gasteiger partial charge is 0.118 e. The van der Waals surface area contributed by atoms with E-state index in [0.717, 1.165) is 74.0 Å². The van der Waals surface area contributed by atoms with Gasteiger partial charge >= 0.3 is 0 Å². The predicted molar refractivity (Wildman–Crippen MR) is 148 cm³/mol. The third-order valence-corrected chi connectivity index (χ3v) is 7.28. The molecule has 4 aromatic rings. The summed E-state index contributed by atoms with van der Waals surface area (Å²) in [6.07, 6.45) is 2.08. The first-order chi connectivity index (χ1) is 17.6. The number of ether oxygens (including phenoxy) is 1. The summed E-state index contributed by atoms with van der Waals surface area (Å²) >= 11 is 0. The van der Waals surface area contributed by atoms with Crippen molar-refractivity contribution >= 4 is 5.69 Å². The van der Waals surface area contributed by atoms with Gasteiger partial charge in [0.1, 0.15) is 5.75 Å². The summed E-state index contributed by atoms with van der Waals surface area (Å²) in [5, 5.41) is 5.01. The van der Waals surface area contributed by atoms with Gasteiger partial charge in [0, 0.05) is 37.4 Å². The molecular weight excluding hydrogens is 444 g/mol. The van der Waals surface area contributed by atoms with E-state index >= 15 is 0 Å². The van der Waals surface area contributed by atoms with Crippen molar-refractivity contribution in [3.05, 3.63) is 95.7 Å². The molecule has 0 N–H and O–H groups in total. The van der Waals surface area contributed by atoms with Crippen molar-refractivity contribution in [1.82, 2.24) is 14.7 Å². The summed E-state index contributed by atoms with van der Waals surface area (Å²) in [6.45, 7) is 9.90. The zero-order valence-corrected chi connectivity index (χ0v) is 21.7. The molecule has 1 fully saturated rings. The zero-order valence-electron chi connectivity index (χ0n) is 21.7. The maximum absolute atomic E-state index is 5.35. The fourth-order valence-electron chi connectivity index (χ4n) is 4.92. The van der Waals surface area contributed by atoms with E-state index in [4.69, 9.17) is 9.84 Å². The van der Waals surface area contributed by atoms with Crippen molar-refractivity contribution in [2.45, 2.75) is 26.7 Å². The van der Waals surface area contributed by atoms with Gasteiger partial charge in [0.2, 0.25) is 0 Å². The number of hydrogen-bond donors (Lipinski definition) is 0. The number of aromatic nitrogens is 2. The van der Waals surface area contributed by atoms with Crippen molar-refractivity contribution in [2.24, 2.45) is 0 Å². The fourth-order valence-corrected chi connectivity index (χ4v) is 4.92. The van der Waals surface area contributed by atoms with Gasteiger partial charge in [-0.1, -0.05) is 24.3 Å². The second-order valence-corrected chi connectivity index (χ2v) is 9.70. The molecule has 36 heavy (non-hydrogen) atoms. The molecule has 2 heterocycles. The highest BCUT2D eigenvalue weighted by molar-refractivity contribution is 5.63. The normalized spacial score (nSPS) is 14.2. The third kappa shape index (κ3) is 5.47. The van der Waals surface area contributed by atoms with E-state index in [1.54, 1.807) is 7.11 Å². The van der Waals surface area contributed by atoms with Gasteiger partial charge in [-0.15, -0.1) is 0 Å². The number of aryl methyl sites for hydroxylation is 3. The molecule has 186 valence electrons. The molecule has 1 saturated heterocycles. The Hall–Kier alpha value is -3.57. The molecule has 0 saturated carbocycles. The quantitative estimate of drug-likeness (QED) is 0.313. The Balaban J connectivity index is 1.21. The van der Waals surface area contributed by atoms with Gasteiger partial charge < -0.3 is 9.64 Å². The largest absolute Gasteiger partial charge is 0.497 e. The number of methoxy groups -OCH3 is 1. The van der Waals surface area contributed by atoms with Crippen LogP contribution < -0.4 is 9.64 Å². The SMILES string of the molecule is COc1ccc(-c2cc(CCCN3CCN(c4ccc(C)c(C)c4)CC3)nn2-c2ccccc2)cc1. The van der Waals surface area contributed by atoms with E-state index in [1.807, 2.05) is 18.2 Å². The number of para-hydroxylation sites is 1. The van der Waals surface area contributed by atoms with Gasteiger partial charge in [-0.2, -0.15) is 5.10 Å². The summed E-state index contributed by atoms with van der Waals surface area (Å²) in [6, 6.07) is 27.7. The van der Waals surface area contributed by atoms with Crippen molar-refractivity contribution in [1.29, 1.82) is 0 Å². The van der Waals surface area contributed by atoms with Crippen LogP contribution in [0.4, 0.5) is 5.69 Å². The van der Waals surface area contributed by atoms with Gasteiger partial charge in [0.15, 0.2) is 0 Å². The number of benzene rings is 3. The van der Waals surface area contributed by atoms with Crippen LogP contribution in [-0.2, 0) is 6.42 Å². The Morgan fingerprint density at radius 2 is 1.53 bits per heavy atom. The monoisotopic (exact) mass is 480 g/mol. The van der Waals surface area contributed by atoms with Crippen molar-refractivity contribution in [3.63, 3.8) is 0 Å². The van der Waals surface area contributed by atoms with Gasteiger partial charge in [-0.3, -0.25) is 4.90 Å². The molecule has 5 rings (SSSR count). The first-order valence-corrected chi connectivity index (χ1v) is 12.9. The van der Waals surface area contributed by atoms with E-state index in [-0.39, 0.29) is 0 Å². The van der Waals surface area contributed by atoms with Crippen LogP contribution in [0.3, 0.4) is 0 Å². The Kier molecular flexibility index (Phi) is 7.38. The maximum atomic E-state index is 5.35. The zero-order chi connectivity index (χ0) is 24.9. The third-order valence-electron chi connectivity index (χ3n) is 7.28. The standard InChI is InChI=1S/C31H36N4O/c1-24-11-14-29(22-25(24)2)34-20-18-33(19-21-34)17-7-8-27-23-31(26-12-15-30(36-3)16-13-26)35(32-27)28-9-5-4-6-10-28/h4-6,9-16,22-23H,7-8,17-21H2,1-3H3. The molecule has 0 amide bonds. The van der Waals surface area contributed by atoms with Crippen LogP contribution in [0.5, 0.6) is 5.75 Å². The molecule has 0 bridgehead atoms. The van der Waals surface area contributed by atoms with Crippen LogP contribution in [-0.4, -0.2) is 54.5 Å². The molecule has 0 aliphatic carbocycles. The Morgan fingerprint density at radius 3 is 2.22 bits per heavy atom. The van der Waals surface area contributed by atoms with Gasteiger partial charge in [-0.25, -0.2) is 4.68 Å². The average Bonchev–Trinajstić information content (AvgIpc) is 3.35. The highest BCUT2D eigenvalue weighted by atomic mass is 16.5. The molecule has 0 spiro atoms. The average molecular weight is 481 g/mol. The number of rotatable bonds is 8. The molecule has 0 unspecified atom stereocenters. The lowest BCUT2D eigenvalue weighted by atomic mass is 10.1. The molecule has 0 radical (unpaired) electrons. The van der Waals surface area contributed by atoms with E-state index < -0.39 is 0 Å². The molecule has 5 nitrogen and oxygen atoms in total. The lowest BCUT2D eigenvalue weighted by Gasteiger charge is -2.36. The van der Waals surface area contributed by atoms with Gasteiger partial charge in [0.05, 0.1) is 24.2 Å². The van der Waals surface area contributed by atoms with Gasteiger partial charge in [-0.05, 0) is 99.0 Å². The Bertz CT molecular complexity index is 1270. The number of piperazine rings is 1. The number of anilines is 1. The van der Waals surface area contributed by atoms with E-state index in [1.165, 1.54) is 16.8 Å². The lowest BCUT2D eigenvalue weighted by molar-refractivity contribution is 0.255. The van der Waals surface area contributed by atoms with Crippen molar-refractivity contribution < 1.29 is 4.74 Å². The van der Waals surface area contributed by atoms with E-state index in [0.29, 0.717) is 0 Å². The van der Waals surface area contributed by atoms with Crippen LogP contribution in [0.2, 0.25) is 0 Å². The maximum Gasteiger partial charge on any atom is 0.118 e. The highest BCUT2D eigenvalue weighted by Crippen LogP contribution is 2.27. The molecule has 3 aromatic carbocycles. The summed E-state index contributed by atoms with van der Waals surface area (Å²) in [7, 11) is 1.70.